The Morgan fingerprint density at radius 2 is 2.00 bits per heavy atom. The minimum Gasteiger partial charge on any atom is -0.169 e. The van der Waals surface area contributed by atoms with Crippen LogP contribution in [0.4, 0.5) is 0 Å². The summed E-state index contributed by atoms with van der Waals surface area (Å²) in [5.74, 6) is 4.66. The van der Waals surface area contributed by atoms with Gasteiger partial charge < -0.3 is 0 Å². The van der Waals surface area contributed by atoms with E-state index in [1.807, 2.05) is 0 Å². The van der Waals surface area contributed by atoms with E-state index in [1.165, 1.54) is 10.5 Å². The molecule has 0 saturated carbocycles. The molecule has 0 unspecified atom stereocenters. The zero-order valence-electron chi connectivity index (χ0n) is 9.86. The first-order chi connectivity index (χ1) is 7.16. The van der Waals surface area contributed by atoms with Crippen LogP contribution in [0.15, 0.2) is 41.3 Å². The van der Waals surface area contributed by atoms with E-state index >= 15 is 0 Å². The highest BCUT2D eigenvalue weighted by molar-refractivity contribution is 8.16. The van der Waals surface area contributed by atoms with E-state index in [2.05, 4.69) is 62.4 Å². The van der Waals surface area contributed by atoms with Crippen LogP contribution < -0.4 is 0 Å². The van der Waals surface area contributed by atoms with Crippen molar-refractivity contribution < 1.29 is 0 Å². The Labute approximate surface area is 96.0 Å². The SMILES string of the molecule is C=[S@@](C)/C(=C\CC)[C@H](C)c1ccccc1. The highest BCUT2D eigenvalue weighted by atomic mass is 32.2. The molecule has 0 bridgehead atoms. The van der Waals surface area contributed by atoms with E-state index in [9.17, 15) is 0 Å². The summed E-state index contributed by atoms with van der Waals surface area (Å²) in [4.78, 5) is 1.48. The molecule has 82 valence electrons. The lowest BCUT2D eigenvalue weighted by Gasteiger charge is -2.17. The van der Waals surface area contributed by atoms with E-state index in [1.54, 1.807) is 0 Å². The summed E-state index contributed by atoms with van der Waals surface area (Å²) in [5, 5.41) is 0. The molecule has 1 aromatic carbocycles. The molecule has 0 aromatic heterocycles. The first-order valence-corrected chi connectivity index (χ1v) is 7.17. The lowest BCUT2D eigenvalue weighted by Crippen LogP contribution is -1.96. The first-order valence-electron chi connectivity index (χ1n) is 5.37. The molecule has 0 nitrogen and oxygen atoms in total. The predicted molar refractivity (Wildman–Crippen MR) is 73.9 cm³/mol. The quantitative estimate of drug-likeness (QED) is 0.659. The monoisotopic (exact) mass is 220 g/mol. The molecular formula is C14H20S. The third-order valence-electron chi connectivity index (χ3n) is 2.53. The Balaban J connectivity index is 2.96. The molecule has 0 N–H and O–H groups in total. The van der Waals surface area contributed by atoms with Crippen LogP contribution in [0.3, 0.4) is 0 Å². The van der Waals surface area contributed by atoms with Crippen molar-refractivity contribution in [3.8, 4) is 0 Å². The number of hydrogen-bond acceptors (Lipinski definition) is 0. The van der Waals surface area contributed by atoms with Crippen molar-refractivity contribution in [3.05, 3.63) is 46.9 Å². The summed E-state index contributed by atoms with van der Waals surface area (Å²) >= 11 is 0. The lowest BCUT2D eigenvalue weighted by molar-refractivity contribution is 0.940. The predicted octanol–water partition coefficient (Wildman–Crippen LogP) is 4.41. The van der Waals surface area contributed by atoms with E-state index in [0.29, 0.717) is 5.92 Å². The Hall–Kier alpha value is -0.820. The molecule has 15 heavy (non-hydrogen) atoms. The van der Waals surface area contributed by atoms with Crippen molar-refractivity contribution in [1.29, 1.82) is 0 Å². The summed E-state index contributed by atoms with van der Waals surface area (Å²) in [5.41, 5.74) is 1.39. The van der Waals surface area contributed by atoms with Gasteiger partial charge in [0.25, 0.3) is 0 Å². The molecular weight excluding hydrogens is 200 g/mol. The summed E-state index contributed by atoms with van der Waals surface area (Å²) in [6.45, 7) is 4.45. The summed E-state index contributed by atoms with van der Waals surface area (Å²) in [6, 6.07) is 10.7. The zero-order chi connectivity index (χ0) is 11.3. The number of rotatable bonds is 4. The molecule has 0 radical (unpaired) electrons. The van der Waals surface area contributed by atoms with Crippen molar-refractivity contribution >= 4 is 16.4 Å². The third kappa shape index (κ3) is 3.35. The van der Waals surface area contributed by atoms with Crippen LogP contribution >= 0.6 is 10.5 Å². The molecule has 1 heteroatoms. The highest BCUT2D eigenvalue weighted by Crippen LogP contribution is 2.34. The van der Waals surface area contributed by atoms with Crippen LogP contribution in [0.5, 0.6) is 0 Å². The fraction of sp³-hybridized carbons (Fsp3) is 0.357. The molecule has 1 rings (SSSR count). The van der Waals surface area contributed by atoms with Gasteiger partial charge in [0.2, 0.25) is 0 Å². The largest absolute Gasteiger partial charge is 0.169 e. The molecule has 0 fully saturated rings. The normalized spacial score (nSPS) is 16.1. The maximum atomic E-state index is 4.16. The molecule has 0 heterocycles. The summed E-state index contributed by atoms with van der Waals surface area (Å²) in [7, 11) is 0.127. The third-order valence-corrected chi connectivity index (χ3v) is 3.86. The standard InChI is InChI=1S/C14H20S/c1-5-9-14(15(3)4)12(2)13-10-7-6-8-11-13/h6-12H,3,5H2,1-2,4H3/b14-9-/t12-,15+/m1/s1. The van der Waals surface area contributed by atoms with E-state index in [0.717, 1.165) is 6.42 Å². The van der Waals surface area contributed by atoms with E-state index < -0.39 is 0 Å². The van der Waals surface area contributed by atoms with Gasteiger partial charge in [0, 0.05) is 5.92 Å². The molecule has 2 atom stereocenters. The van der Waals surface area contributed by atoms with Crippen molar-refractivity contribution in [2.45, 2.75) is 26.2 Å². The minimum atomic E-state index is 0.127. The first kappa shape index (κ1) is 12.3. The minimum absolute atomic E-state index is 0.127. The van der Waals surface area contributed by atoms with Crippen LogP contribution in [0.2, 0.25) is 0 Å². The van der Waals surface area contributed by atoms with Gasteiger partial charge in [-0.3, -0.25) is 0 Å². The van der Waals surface area contributed by atoms with Gasteiger partial charge in [-0.05, 0) is 23.1 Å². The van der Waals surface area contributed by atoms with Gasteiger partial charge in [-0.15, -0.1) is 0 Å². The average molecular weight is 220 g/mol. The van der Waals surface area contributed by atoms with Crippen molar-refractivity contribution in [1.82, 2.24) is 0 Å². The van der Waals surface area contributed by atoms with Crippen LogP contribution in [0.25, 0.3) is 0 Å². The van der Waals surface area contributed by atoms with Gasteiger partial charge in [0.1, 0.15) is 0 Å². The molecule has 0 aliphatic heterocycles. The molecule has 0 spiro atoms. The molecule has 0 aliphatic carbocycles. The second-order valence-corrected chi connectivity index (χ2v) is 5.53. The zero-order valence-corrected chi connectivity index (χ0v) is 10.7. The molecule has 0 amide bonds. The molecule has 1 aromatic rings. The van der Waals surface area contributed by atoms with Gasteiger partial charge in [0.15, 0.2) is 0 Å². The van der Waals surface area contributed by atoms with Crippen molar-refractivity contribution in [3.63, 3.8) is 0 Å². The lowest BCUT2D eigenvalue weighted by atomic mass is 10.0. The van der Waals surface area contributed by atoms with Gasteiger partial charge in [-0.1, -0.05) is 56.1 Å². The molecule has 0 aliphatic rings. The van der Waals surface area contributed by atoms with E-state index in [4.69, 9.17) is 0 Å². The Morgan fingerprint density at radius 1 is 1.40 bits per heavy atom. The Morgan fingerprint density at radius 3 is 2.47 bits per heavy atom. The van der Waals surface area contributed by atoms with Gasteiger partial charge in [-0.2, -0.15) is 10.5 Å². The summed E-state index contributed by atoms with van der Waals surface area (Å²) in [6.07, 6.45) is 5.62. The van der Waals surface area contributed by atoms with Crippen LogP contribution in [-0.2, 0) is 0 Å². The van der Waals surface area contributed by atoms with Crippen LogP contribution in [0, 0.1) is 0 Å². The maximum absolute atomic E-state index is 4.16. The van der Waals surface area contributed by atoms with Gasteiger partial charge in [0.05, 0.1) is 0 Å². The van der Waals surface area contributed by atoms with Crippen molar-refractivity contribution in [2.24, 2.45) is 0 Å². The average Bonchev–Trinajstić information content (AvgIpc) is 2.26. The fourth-order valence-corrected chi connectivity index (χ4v) is 2.92. The number of hydrogen-bond donors (Lipinski definition) is 0. The topological polar surface area (TPSA) is 0 Å². The van der Waals surface area contributed by atoms with Gasteiger partial charge in [-0.25, -0.2) is 0 Å². The van der Waals surface area contributed by atoms with Crippen LogP contribution in [0.1, 0.15) is 31.7 Å². The van der Waals surface area contributed by atoms with E-state index in [-0.39, 0.29) is 10.5 Å². The van der Waals surface area contributed by atoms with Crippen LogP contribution in [-0.4, -0.2) is 12.1 Å². The maximum Gasteiger partial charge on any atom is 0.0113 e. The molecule has 0 saturated heterocycles. The number of benzene rings is 1. The highest BCUT2D eigenvalue weighted by Gasteiger charge is 2.10. The van der Waals surface area contributed by atoms with Crippen molar-refractivity contribution in [2.75, 3.05) is 6.26 Å². The second-order valence-electron chi connectivity index (χ2n) is 3.78. The van der Waals surface area contributed by atoms with Gasteiger partial charge >= 0.3 is 0 Å². The second kappa shape index (κ2) is 5.92. The fourth-order valence-electron chi connectivity index (χ4n) is 1.73. The Kier molecular flexibility index (Phi) is 4.83. The smallest absolute Gasteiger partial charge is 0.0113 e. The summed E-state index contributed by atoms with van der Waals surface area (Å²) < 4.78 is 0. The Bertz CT molecular complexity index is 349. The number of allylic oxidation sites excluding steroid dienone is 2.